The molecule has 0 aliphatic rings. The van der Waals surface area contributed by atoms with Crippen LogP contribution in [0.3, 0.4) is 0 Å². The fourth-order valence-corrected chi connectivity index (χ4v) is 1.07. The second-order valence-corrected chi connectivity index (χ2v) is 2.42. The first-order valence-corrected chi connectivity index (χ1v) is 3.47. The van der Waals surface area contributed by atoms with Gasteiger partial charge in [0.2, 0.25) is 0 Å². The average Bonchev–Trinajstić information content (AvgIpc) is 2.04. The van der Waals surface area contributed by atoms with E-state index in [4.69, 9.17) is 4.42 Å². The molecule has 12 heavy (non-hydrogen) atoms. The Balaban J connectivity index is 2.96. The van der Waals surface area contributed by atoms with E-state index in [9.17, 15) is 9.90 Å². The van der Waals surface area contributed by atoms with Gasteiger partial charge in [0.1, 0.15) is 5.58 Å². The molecule has 0 atom stereocenters. The fraction of sp³-hybridized carbons (Fsp3) is 0. The van der Waals surface area contributed by atoms with Crippen molar-refractivity contribution in [2.75, 3.05) is 0 Å². The lowest BCUT2D eigenvalue weighted by Crippen LogP contribution is -1.93. The molecule has 0 bridgehead atoms. The molecule has 3 heteroatoms. The summed E-state index contributed by atoms with van der Waals surface area (Å²) >= 11 is 0. The molecule has 1 radical (unpaired) electrons. The van der Waals surface area contributed by atoms with E-state index in [2.05, 4.69) is 0 Å². The number of rotatable bonds is 0. The van der Waals surface area contributed by atoms with Gasteiger partial charge in [-0.3, -0.25) is 5.11 Å². The summed E-state index contributed by atoms with van der Waals surface area (Å²) in [5.41, 5.74) is -0.0944. The second kappa shape index (κ2) is 2.37. The maximum Gasteiger partial charge on any atom is 0.336 e. The van der Waals surface area contributed by atoms with E-state index >= 15 is 0 Å². The molecule has 1 aromatic carbocycles. The third-order valence-corrected chi connectivity index (χ3v) is 1.62. The van der Waals surface area contributed by atoms with Crippen LogP contribution in [-0.4, -0.2) is 0 Å². The molecule has 0 saturated carbocycles. The van der Waals surface area contributed by atoms with Gasteiger partial charge in [0.25, 0.3) is 0 Å². The zero-order valence-corrected chi connectivity index (χ0v) is 6.11. The fourth-order valence-electron chi connectivity index (χ4n) is 1.07. The van der Waals surface area contributed by atoms with Crippen molar-refractivity contribution < 1.29 is 9.52 Å². The lowest BCUT2D eigenvalue weighted by molar-refractivity contribution is 0.359. The summed E-state index contributed by atoms with van der Waals surface area (Å²) in [6.07, 6.45) is 0. The minimum absolute atomic E-state index is 0.128. The van der Waals surface area contributed by atoms with E-state index in [0.29, 0.717) is 11.0 Å². The van der Waals surface area contributed by atoms with E-state index in [1.165, 1.54) is 18.2 Å². The standard InChI is InChI=1S/C9H5O3/c10-7-2-1-3-8-6(7)4-5-9(11)12-8/h1-5H. The SMILES string of the molecule is [O]c1cccc2oc(=O)ccc12. The van der Waals surface area contributed by atoms with Crippen LogP contribution in [0.4, 0.5) is 0 Å². The summed E-state index contributed by atoms with van der Waals surface area (Å²) in [5.74, 6) is -0.128. The molecule has 0 fully saturated rings. The average molecular weight is 161 g/mol. The molecule has 2 aromatic rings. The molecule has 0 aliphatic carbocycles. The number of fused-ring (bicyclic) bond motifs is 1. The Bertz CT molecular complexity index is 470. The van der Waals surface area contributed by atoms with Crippen molar-refractivity contribution in [3.05, 3.63) is 40.8 Å². The van der Waals surface area contributed by atoms with Crippen LogP contribution in [0.25, 0.3) is 11.0 Å². The molecule has 1 heterocycles. The highest BCUT2D eigenvalue weighted by Gasteiger charge is 2.01. The van der Waals surface area contributed by atoms with E-state index in [1.807, 2.05) is 0 Å². The molecule has 0 saturated heterocycles. The van der Waals surface area contributed by atoms with Gasteiger partial charge in [0.15, 0.2) is 5.75 Å². The molecular weight excluding hydrogens is 156 g/mol. The van der Waals surface area contributed by atoms with E-state index in [1.54, 1.807) is 12.1 Å². The Morgan fingerprint density at radius 3 is 2.75 bits per heavy atom. The summed E-state index contributed by atoms with van der Waals surface area (Å²) in [6, 6.07) is 7.31. The molecule has 0 amide bonds. The van der Waals surface area contributed by atoms with Gasteiger partial charge >= 0.3 is 5.63 Å². The van der Waals surface area contributed by atoms with Crippen LogP contribution >= 0.6 is 0 Å². The monoisotopic (exact) mass is 161 g/mol. The van der Waals surface area contributed by atoms with Crippen LogP contribution in [0.5, 0.6) is 5.75 Å². The van der Waals surface area contributed by atoms with Gasteiger partial charge in [0, 0.05) is 6.07 Å². The maximum absolute atomic E-state index is 11.1. The molecule has 1 aromatic heterocycles. The quantitative estimate of drug-likeness (QED) is 0.554. The third kappa shape index (κ3) is 0.955. The Morgan fingerprint density at radius 2 is 1.92 bits per heavy atom. The zero-order valence-electron chi connectivity index (χ0n) is 6.11. The van der Waals surface area contributed by atoms with Gasteiger partial charge < -0.3 is 4.42 Å². The maximum atomic E-state index is 11.1. The predicted molar refractivity (Wildman–Crippen MR) is 42.6 cm³/mol. The Labute approximate surface area is 67.9 Å². The van der Waals surface area contributed by atoms with Crippen LogP contribution in [-0.2, 0) is 5.11 Å². The van der Waals surface area contributed by atoms with Gasteiger partial charge in [-0.2, -0.15) is 0 Å². The Hall–Kier alpha value is -1.77. The smallest absolute Gasteiger partial charge is 0.336 e. The molecule has 59 valence electrons. The number of benzene rings is 1. The third-order valence-electron chi connectivity index (χ3n) is 1.62. The van der Waals surface area contributed by atoms with Crippen molar-refractivity contribution in [2.45, 2.75) is 0 Å². The molecule has 3 nitrogen and oxygen atoms in total. The van der Waals surface area contributed by atoms with Crippen LogP contribution in [0.1, 0.15) is 0 Å². The minimum atomic E-state index is -0.437. The highest BCUT2D eigenvalue weighted by Crippen LogP contribution is 2.22. The molecular formula is C9H5O3. The summed E-state index contributed by atoms with van der Waals surface area (Å²) in [5, 5.41) is 11.6. The highest BCUT2D eigenvalue weighted by molar-refractivity contribution is 5.82. The van der Waals surface area contributed by atoms with Crippen molar-refractivity contribution in [1.29, 1.82) is 0 Å². The Kier molecular flexibility index (Phi) is 1.37. The zero-order chi connectivity index (χ0) is 8.55. The lowest BCUT2D eigenvalue weighted by Gasteiger charge is -1.94. The summed E-state index contributed by atoms with van der Waals surface area (Å²) in [4.78, 5) is 10.7. The Morgan fingerprint density at radius 1 is 1.08 bits per heavy atom. The first-order chi connectivity index (χ1) is 5.77. The van der Waals surface area contributed by atoms with Gasteiger partial charge in [0.05, 0.1) is 5.39 Å². The molecule has 2 rings (SSSR count). The number of hydrogen-bond donors (Lipinski definition) is 0. The van der Waals surface area contributed by atoms with Gasteiger partial charge in [-0.25, -0.2) is 4.79 Å². The second-order valence-electron chi connectivity index (χ2n) is 2.42. The summed E-state index contributed by atoms with van der Waals surface area (Å²) in [6.45, 7) is 0. The van der Waals surface area contributed by atoms with Crippen molar-refractivity contribution in [3.63, 3.8) is 0 Å². The van der Waals surface area contributed by atoms with Crippen LogP contribution in [0, 0.1) is 0 Å². The molecule has 0 unspecified atom stereocenters. The van der Waals surface area contributed by atoms with Gasteiger partial charge in [-0.15, -0.1) is 0 Å². The first kappa shape index (κ1) is 6.91. The summed E-state index contributed by atoms with van der Waals surface area (Å²) < 4.78 is 4.79. The first-order valence-electron chi connectivity index (χ1n) is 3.47. The lowest BCUT2D eigenvalue weighted by atomic mass is 10.2. The molecule has 0 spiro atoms. The van der Waals surface area contributed by atoms with Gasteiger partial charge in [-0.05, 0) is 18.2 Å². The largest absolute Gasteiger partial charge is 0.423 e. The van der Waals surface area contributed by atoms with E-state index in [0.717, 1.165) is 0 Å². The van der Waals surface area contributed by atoms with Crippen molar-refractivity contribution in [2.24, 2.45) is 0 Å². The van der Waals surface area contributed by atoms with Crippen LogP contribution in [0.2, 0.25) is 0 Å². The van der Waals surface area contributed by atoms with Crippen molar-refractivity contribution in [3.8, 4) is 5.75 Å². The predicted octanol–water partition coefficient (Wildman–Crippen LogP) is 1.94. The minimum Gasteiger partial charge on any atom is -0.423 e. The molecule has 0 aliphatic heterocycles. The van der Waals surface area contributed by atoms with Crippen LogP contribution < -0.4 is 5.63 Å². The normalized spacial score (nSPS) is 10.3. The van der Waals surface area contributed by atoms with Crippen molar-refractivity contribution >= 4 is 11.0 Å². The topological polar surface area (TPSA) is 50.1 Å². The summed E-state index contributed by atoms with van der Waals surface area (Å²) in [7, 11) is 0. The van der Waals surface area contributed by atoms with Gasteiger partial charge in [-0.1, -0.05) is 6.07 Å². The van der Waals surface area contributed by atoms with Crippen molar-refractivity contribution in [1.82, 2.24) is 0 Å². The van der Waals surface area contributed by atoms with E-state index in [-0.39, 0.29) is 5.75 Å². The van der Waals surface area contributed by atoms with E-state index < -0.39 is 5.63 Å². The number of hydrogen-bond acceptors (Lipinski definition) is 2. The highest BCUT2D eigenvalue weighted by atomic mass is 16.4. The van der Waals surface area contributed by atoms with Crippen LogP contribution in [0.15, 0.2) is 39.5 Å². The molecule has 0 N–H and O–H groups in total.